The zero-order valence-electron chi connectivity index (χ0n) is 10.6. The highest BCUT2D eigenvalue weighted by atomic mass is 16.2. The lowest BCUT2D eigenvalue weighted by Crippen LogP contribution is -2.54. The molecule has 19 heavy (non-hydrogen) atoms. The maximum absolute atomic E-state index is 12.0. The second-order valence-corrected chi connectivity index (χ2v) is 4.25. The summed E-state index contributed by atoms with van der Waals surface area (Å²) in [4.78, 5) is 37.6. The van der Waals surface area contributed by atoms with Crippen molar-refractivity contribution in [2.24, 2.45) is 5.73 Å². The first kappa shape index (κ1) is 13.1. The molecule has 6 nitrogen and oxygen atoms in total. The van der Waals surface area contributed by atoms with Crippen LogP contribution in [-0.4, -0.2) is 42.3 Å². The molecule has 0 aliphatic carbocycles. The van der Waals surface area contributed by atoms with Gasteiger partial charge in [0.15, 0.2) is 0 Å². The first-order chi connectivity index (χ1) is 9.04. The number of carbonyl (C=O) groups excluding carboxylic acids is 3. The number of nitrogens with two attached hydrogens (primary N) is 1. The molecule has 0 bridgehead atoms. The molecule has 0 atom stereocenters. The largest absolute Gasteiger partial charge is 0.366 e. The highest BCUT2D eigenvalue weighted by Gasteiger charge is 2.32. The van der Waals surface area contributed by atoms with Crippen LogP contribution in [0.15, 0.2) is 24.3 Å². The van der Waals surface area contributed by atoms with E-state index in [4.69, 9.17) is 5.73 Å². The van der Waals surface area contributed by atoms with E-state index in [1.165, 1.54) is 9.80 Å². The summed E-state index contributed by atoms with van der Waals surface area (Å²) in [5.41, 5.74) is 6.11. The molecule has 100 valence electrons. The average Bonchev–Trinajstić information content (AvgIpc) is 2.42. The third kappa shape index (κ3) is 2.42. The minimum absolute atomic E-state index is 0.370. The maximum Gasteiger partial charge on any atom is 0.316 e. The van der Waals surface area contributed by atoms with Gasteiger partial charge in [0.1, 0.15) is 0 Å². The Morgan fingerprint density at radius 3 is 2.32 bits per heavy atom. The van der Waals surface area contributed by atoms with Crippen molar-refractivity contribution in [2.45, 2.75) is 6.92 Å². The SMILES string of the molecule is CCN1CCN(c2ccc(C(N)=O)cc2)C(=O)C1=O. The quantitative estimate of drug-likeness (QED) is 0.776. The van der Waals surface area contributed by atoms with Crippen molar-refractivity contribution in [1.82, 2.24) is 4.90 Å². The van der Waals surface area contributed by atoms with E-state index in [-0.39, 0.29) is 0 Å². The van der Waals surface area contributed by atoms with Crippen molar-refractivity contribution in [2.75, 3.05) is 24.5 Å². The average molecular weight is 261 g/mol. The molecule has 0 spiro atoms. The van der Waals surface area contributed by atoms with Crippen LogP contribution in [0.4, 0.5) is 5.69 Å². The van der Waals surface area contributed by atoms with Gasteiger partial charge in [0.25, 0.3) is 0 Å². The Morgan fingerprint density at radius 1 is 1.16 bits per heavy atom. The summed E-state index contributed by atoms with van der Waals surface area (Å²) in [6, 6.07) is 6.32. The van der Waals surface area contributed by atoms with Gasteiger partial charge in [-0.05, 0) is 31.2 Å². The van der Waals surface area contributed by atoms with Crippen LogP contribution in [-0.2, 0) is 9.59 Å². The molecule has 1 fully saturated rings. The lowest BCUT2D eigenvalue weighted by atomic mass is 10.1. The monoisotopic (exact) mass is 261 g/mol. The predicted octanol–water partition coefficient (Wildman–Crippen LogP) is -0.0194. The Bertz CT molecular complexity index is 524. The van der Waals surface area contributed by atoms with Gasteiger partial charge < -0.3 is 15.5 Å². The molecule has 0 unspecified atom stereocenters. The van der Waals surface area contributed by atoms with E-state index in [2.05, 4.69) is 0 Å². The summed E-state index contributed by atoms with van der Waals surface area (Å²) in [6.07, 6.45) is 0. The zero-order valence-corrected chi connectivity index (χ0v) is 10.6. The molecule has 0 saturated carbocycles. The molecule has 0 aromatic heterocycles. The molecule has 1 aliphatic rings. The number of primary amides is 1. The Kier molecular flexibility index (Phi) is 3.50. The van der Waals surface area contributed by atoms with Crippen LogP contribution in [0.1, 0.15) is 17.3 Å². The standard InChI is InChI=1S/C13H15N3O3/c1-2-15-7-8-16(13(19)12(15)18)10-5-3-9(4-6-10)11(14)17/h3-6H,2,7-8H2,1H3,(H2,14,17). The number of likely N-dealkylation sites (N-methyl/N-ethyl adjacent to an activating group) is 1. The molecular formula is C13H15N3O3. The Morgan fingerprint density at radius 2 is 1.79 bits per heavy atom. The third-order valence-electron chi connectivity index (χ3n) is 3.15. The minimum atomic E-state index is -0.542. The van der Waals surface area contributed by atoms with Crippen molar-refractivity contribution in [3.05, 3.63) is 29.8 Å². The first-order valence-corrected chi connectivity index (χ1v) is 6.05. The zero-order chi connectivity index (χ0) is 14.0. The number of carbonyl (C=O) groups is 3. The van der Waals surface area contributed by atoms with Crippen LogP contribution in [0.25, 0.3) is 0 Å². The highest BCUT2D eigenvalue weighted by molar-refractivity contribution is 6.41. The fraction of sp³-hybridized carbons (Fsp3) is 0.308. The van der Waals surface area contributed by atoms with Crippen molar-refractivity contribution in [3.8, 4) is 0 Å². The van der Waals surface area contributed by atoms with E-state index >= 15 is 0 Å². The van der Waals surface area contributed by atoms with E-state index in [1.54, 1.807) is 24.3 Å². The van der Waals surface area contributed by atoms with Gasteiger partial charge in [-0.1, -0.05) is 0 Å². The van der Waals surface area contributed by atoms with Gasteiger partial charge >= 0.3 is 11.8 Å². The van der Waals surface area contributed by atoms with Crippen molar-refractivity contribution in [3.63, 3.8) is 0 Å². The number of rotatable bonds is 3. The number of anilines is 1. The van der Waals surface area contributed by atoms with E-state index in [9.17, 15) is 14.4 Å². The maximum atomic E-state index is 12.0. The molecule has 2 N–H and O–H groups in total. The van der Waals surface area contributed by atoms with Crippen LogP contribution in [0.2, 0.25) is 0 Å². The summed E-state index contributed by atoms with van der Waals surface area (Å²) in [6.45, 7) is 3.33. The minimum Gasteiger partial charge on any atom is -0.366 e. The van der Waals surface area contributed by atoms with Gasteiger partial charge in [-0.2, -0.15) is 0 Å². The van der Waals surface area contributed by atoms with Crippen LogP contribution in [0, 0.1) is 0 Å². The highest BCUT2D eigenvalue weighted by Crippen LogP contribution is 2.18. The first-order valence-electron chi connectivity index (χ1n) is 6.05. The Labute approximate surface area is 110 Å². The fourth-order valence-electron chi connectivity index (χ4n) is 2.03. The number of hydrogen-bond donors (Lipinski definition) is 1. The molecule has 6 heteroatoms. The summed E-state index contributed by atoms with van der Waals surface area (Å²) in [5.74, 6) is -1.56. The van der Waals surface area contributed by atoms with Crippen LogP contribution >= 0.6 is 0 Å². The molecule has 1 saturated heterocycles. The second-order valence-electron chi connectivity index (χ2n) is 4.25. The van der Waals surface area contributed by atoms with Crippen LogP contribution in [0.5, 0.6) is 0 Å². The summed E-state index contributed by atoms with van der Waals surface area (Å²) >= 11 is 0. The summed E-state index contributed by atoms with van der Waals surface area (Å²) in [7, 11) is 0. The fourth-order valence-corrected chi connectivity index (χ4v) is 2.03. The topological polar surface area (TPSA) is 83.7 Å². The second kappa shape index (κ2) is 5.09. The van der Waals surface area contributed by atoms with Crippen molar-refractivity contribution < 1.29 is 14.4 Å². The molecule has 3 amide bonds. The summed E-state index contributed by atoms with van der Waals surface area (Å²) < 4.78 is 0. The van der Waals surface area contributed by atoms with Gasteiger partial charge in [-0.3, -0.25) is 14.4 Å². The normalized spacial score (nSPS) is 15.8. The van der Waals surface area contributed by atoms with E-state index < -0.39 is 17.7 Å². The van der Waals surface area contributed by atoms with Gasteiger partial charge in [-0.25, -0.2) is 0 Å². The molecule has 1 aromatic carbocycles. The summed E-state index contributed by atoms with van der Waals surface area (Å²) in [5, 5.41) is 0. The number of hydrogen-bond acceptors (Lipinski definition) is 3. The van der Waals surface area contributed by atoms with Gasteiger partial charge in [-0.15, -0.1) is 0 Å². The van der Waals surface area contributed by atoms with Crippen LogP contribution < -0.4 is 10.6 Å². The smallest absolute Gasteiger partial charge is 0.316 e. The van der Waals surface area contributed by atoms with E-state index in [0.29, 0.717) is 30.9 Å². The molecule has 2 rings (SSSR count). The van der Waals surface area contributed by atoms with E-state index in [1.807, 2.05) is 6.92 Å². The Hall–Kier alpha value is -2.37. The predicted molar refractivity (Wildman–Crippen MR) is 69.6 cm³/mol. The molecule has 1 aliphatic heterocycles. The molecule has 0 radical (unpaired) electrons. The number of nitrogens with zero attached hydrogens (tertiary/aromatic N) is 2. The van der Waals surface area contributed by atoms with Crippen molar-refractivity contribution >= 4 is 23.4 Å². The van der Waals surface area contributed by atoms with Gasteiger partial charge in [0, 0.05) is 30.9 Å². The van der Waals surface area contributed by atoms with Crippen molar-refractivity contribution in [1.29, 1.82) is 0 Å². The third-order valence-corrected chi connectivity index (χ3v) is 3.15. The van der Waals surface area contributed by atoms with Gasteiger partial charge in [0.05, 0.1) is 0 Å². The van der Waals surface area contributed by atoms with Crippen LogP contribution in [0.3, 0.4) is 0 Å². The molecule has 1 aromatic rings. The van der Waals surface area contributed by atoms with Gasteiger partial charge in [0.2, 0.25) is 5.91 Å². The number of amides is 3. The lowest BCUT2D eigenvalue weighted by molar-refractivity contribution is -0.146. The number of piperazine rings is 1. The molecular weight excluding hydrogens is 246 g/mol. The Balaban J connectivity index is 2.21. The number of benzene rings is 1. The lowest BCUT2D eigenvalue weighted by Gasteiger charge is -2.33. The van der Waals surface area contributed by atoms with E-state index in [0.717, 1.165) is 0 Å². The molecule has 1 heterocycles.